The summed E-state index contributed by atoms with van der Waals surface area (Å²) in [4.78, 5) is 38.9. The van der Waals surface area contributed by atoms with Crippen LogP contribution in [0.25, 0.3) is 0 Å². The van der Waals surface area contributed by atoms with Gasteiger partial charge in [-0.25, -0.2) is 15.0 Å². The number of hydrogen-bond acceptors (Lipinski definition) is 6. The average molecular weight is 464 g/mol. The second-order valence-corrected chi connectivity index (χ2v) is 9.01. The van der Waals surface area contributed by atoms with E-state index in [1.54, 1.807) is 6.07 Å². The Kier molecular flexibility index (Phi) is 7.31. The number of rotatable bonds is 6. The van der Waals surface area contributed by atoms with E-state index in [-0.39, 0.29) is 29.0 Å². The Bertz CT molecular complexity index is 985. The minimum Gasteiger partial charge on any atom is -0.351 e. The standard InChI is InChI=1S/C22H27F3N6O2/c1-21(2,3)29-20(33)15-7-9-30(10-8-15)12-16-11-19(27-13-26-16)31(14-32)18-6-4-5-17(28-18)22(23,24)25/h4-6,11,13-15H,7-10,12H2,1-3H3,(H,29,33). The van der Waals surface area contributed by atoms with Gasteiger partial charge in [-0.05, 0) is 58.8 Å². The molecule has 1 aliphatic heterocycles. The summed E-state index contributed by atoms with van der Waals surface area (Å²) in [5.41, 5.74) is -0.763. The maximum Gasteiger partial charge on any atom is 0.433 e. The highest BCUT2D eigenvalue weighted by atomic mass is 19.4. The molecule has 3 rings (SSSR count). The Morgan fingerprint density at radius 1 is 1.18 bits per heavy atom. The van der Waals surface area contributed by atoms with E-state index in [0.29, 0.717) is 44.6 Å². The van der Waals surface area contributed by atoms with Crippen molar-refractivity contribution in [2.24, 2.45) is 5.92 Å². The highest BCUT2D eigenvalue weighted by Gasteiger charge is 2.33. The molecular weight excluding hydrogens is 437 g/mol. The van der Waals surface area contributed by atoms with Crippen LogP contribution in [-0.4, -0.2) is 50.8 Å². The Balaban J connectivity index is 1.67. The molecule has 3 heterocycles. The molecule has 1 aliphatic rings. The molecule has 0 bridgehead atoms. The number of carbonyl (C=O) groups is 2. The molecular formula is C22H27F3N6O2. The van der Waals surface area contributed by atoms with Gasteiger partial charge in [-0.3, -0.25) is 19.4 Å². The van der Waals surface area contributed by atoms with Crippen molar-refractivity contribution in [3.8, 4) is 0 Å². The van der Waals surface area contributed by atoms with Gasteiger partial charge in [0.15, 0.2) is 0 Å². The van der Waals surface area contributed by atoms with Crippen molar-refractivity contribution in [3.63, 3.8) is 0 Å². The van der Waals surface area contributed by atoms with E-state index >= 15 is 0 Å². The summed E-state index contributed by atoms with van der Waals surface area (Å²) in [7, 11) is 0. The Morgan fingerprint density at radius 3 is 2.48 bits per heavy atom. The summed E-state index contributed by atoms with van der Waals surface area (Å²) in [5, 5.41) is 3.02. The molecule has 178 valence electrons. The van der Waals surface area contributed by atoms with Crippen LogP contribution in [0.15, 0.2) is 30.6 Å². The van der Waals surface area contributed by atoms with Crippen molar-refractivity contribution >= 4 is 24.0 Å². The summed E-state index contributed by atoms with van der Waals surface area (Å²) in [5.74, 6) is -0.0444. The number of hydrogen-bond donors (Lipinski definition) is 1. The predicted octanol–water partition coefficient (Wildman–Crippen LogP) is 3.31. The number of anilines is 2. The van der Waals surface area contributed by atoms with E-state index in [1.807, 2.05) is 20.8 Å². The molecule has 0 radical (unpaired) electrons. The van der Waals surface area contributed by atoms with Gasteiger partial charge < -0.3 is 5.32 Å². The Morgan fingerprint density at radius 2 is 1.88 bits per heavy atom. The number of aromatic nitrogens is 3. The van der Waals surface area contributed by atoms with Crippen molar-refractivity contribution in [3.05, 3.63) is 42.0 Å². The van der Waals surface area contributed by atoms with Crippen molar-refractivity contribution in [1.29, 1.82) is 0 Å². The van der Waals surface area contributed by atoms with E-state index < -0.39 is 11.9 Å². The van der Waals surface area contributed by atoms with Gasteiger partial charge in [-0.15, -0.1) is 0 Å². The normalized spacial score (nSPS) is 15.8. The maximum atomic E-state index is 13.0. The van der Waals surface area contributed by atoms with E-state index in [1.165, 1.54) is 18.5 Å². The molecule has 0 atom stereocenters. The SMILES string of the molecule is CC(C)(C)NC(=O)C1CCN(Cc2cc(N(C=O)c3cccc(C(F)(F)F)n3)ncn2)CC1. The number of nitrogens with one attached hydrogen (secondary N) is 1. The van der Waals surface area contributed by atoms with Crippen LogP contribution < -0.4 is 10.2 Å². The lowest BCUT2D eigenvalue weighted by Gasteiger charge is -2.32. The van der Waals surface area contributed by atoms with Gasteiger partial charge >= 0.3 is 6.18 Å². The van der Waals surface area contributed by atoms with Gasteiger partial charge in [0, 0.05) is 24.1 Å². The minimum atomic E-state index is -4.63. The van der Waals surface area contributed by atoms with Crippen molar-refractivity contribution in [1.82, 2.24) is 25.2 Å². The van der Waals surface area contributed by atoms with Gasteiger partial charge in [0.05, 0.1) is 5.69 Å². The van der Waals surface area contributed by atoms with Gasteiger partial charge in [0.25, 0.3) is 0 Å². The Hall–Kier alpha value is -3.08. The van der Waals surface area contributed by atoms with Gasteiger partial charge in [0.1, 0.15) is 23.7 Å². The van der Waals surface area contributed by atoms with E-state index in [9.17, 15) is 22.8 Å². The molecule has 11 heteroatoms. The summed E-state index contributed by atoms with van der Waals surface area (Å²) < 4.78 is 39.0. The number of alkyl halides is 3. The van der Waals surface area contributed by atoms with Crippen LogP contribution in [-0.2, 0) is 22.3 Å². The third-order valence-electron chi connectivity index (χ3n) is 5.18. The van der Waals surface area contributed by atoms with E-state index in [0.717, 1.165) is 11.0 Å². The lowest BCUT2D eigenvalue weighted by Crippen LogP contribution is -2.46. The van der Waals surface area contributed by atoms with E-state index in [4.69, 9.17) is 0 Å². The van der Waals surface area contributed by atoms with Crippen molar-refractivity contribution in [2.45, 2.75) is 51.9 Å². The largest absolute Gasteiger partial charge is 0.433 e. The summed E-state index contributed by atoms with van der Waals surface area (Å²) in [6.07, 6.45) is -1.56. The average Bonchev–Trinajstić information content (AvgIpc) is 2.73. The molecule has 0 spiro atoms. The summed E-state index contributed by atoms with van der Waals surface area (Å²) >= 11 is 0. The number of likely N-dealkylation sites (tertiary alicyclic amines) is 1. The quantitative estimate of drug-likeness (QED) is 0.660. The fourth-order valence-electron chi connectivity index (χ4n) is 3.60. The third-order valence-corrected chi connectivity index (χ3v) is 5.18. The molecule has 0 aliphatic carbocycles. The smallest absolute Gasteiger partial charge is 0.351 e. The fraction of sp³-hybridized carbons (Fsp3) is 0.500. The minimum absolute atomic E-state index is 0.0426. The zero-order chi connectivity index (χ0) is 24.2. The van der Waals surface area contributed by atoms with Crippen LogP contribution in [0, 0.1) is 5.92 Å². The zero-order valence-electron chi connectivity index (χ0n) is 18.8. The highest BCUT2D eigenvalue weighted by molar-refractivity contribution is 5.83. The molecule has 8 nitrogen and oxygen atoms in total. The first kappa shape index (κ1) is 24.6. The maximum absolute atomic E-state index is 13.0. The van der Waals surface area contributed by atoms with Crippen LogP contribution in [0.5, 0.6) is 0 Å². The molecule has 1 fully saturated rings. The first-order valence-corrected chi connectivity index (χ1v) is 10.6. The lowest BCUT2D eigenvalue weighted by atomic mass is 9.94. The number of carbonyl (C=O) groups excluding carboxylic acids is 2. The number of halogens is 3. The topological polar surface area (TPSA) is 91.3 Å². The zero-order valence-corrected chi connectivity index (χ0v) is 18.8. The molecule has 0 unspecified atom stereocenters. The molecule has 1 saturated heterocycles. The molecule has 0 saturated carbocycles. The lowest BCUT2D eigenvalue weighted by molar-refractivity contribution is -0.141. The number of amides is 2. The summed E-state index contributed by atoms with van der Waals surface area (Å²) in [6, 6.07) is 4.88. The van der Waals surface area contributed by atoms with E-state index in [2.05, 4.69) is 25.2 Å². The van der Waals surface area contributed by atoms with Gasteiger partial charge in [-0.2, -0.15) is 13.2 Å². The van der Waals surface area contributed by atoms with Crippen LogP contribution >= 0.6 is 0 Å². The third kappa shape index (κ3) is 6.70. The van der Waals surface area contributed by atoms with Crippen molar-refractivity contribution < 1.29 is 22.8 Å². The van der Waals surface area contributed by atoms with Gasteiger partial charge in [-0.1, -0.05) is 6.07 Å². The molecule has 2 aromatic heterocycles. The first-order chi connectivity index (χ1) is 15.5. The Labute approximate surface area is 190 Å². The summed E-state index contributed by atoms with van der Waals surface area (Å²) in [6.45, 7) is 7.72. The monoisotopic (exact) mass is 464 g/mol. The van der Waals surface area contributed by atoms with Crippen LogP contribution in [0.1, 0.15) is 45.0 Å². The van der Waals surface area contributed by atoms with Gasteiger partial charge in [0.2, 0.25) is 12.3 Å². The van der Waals surface area contributed by atoms with Crippen molar-refractivity contribution in [2.75, 3.05) is 18.0 Å². The van der Waals surface area contributed by atoms with Crippen LogP contribution in [0.3, 0.4) is 0 Å². The second kappa shape index (κ2) is 9.82. The number of nitrogens with zero attached hydrogens (tertiary/aromatic N) is 5. The second-order valence-electron chi connectivity index (χ2n) is 9.01. The highest BCUT2D eigenvalue weighted by Crippen LogP contribution is 2.30. The fourth-order valence-corrected chi connectivity index (χ4v) is 3.60. The predicted molar refractivity (Wildman–Crippen MR) is 115 cm³/mol. The molecule has 33 heavy (non-hydrogen) atoms. The molecule has 2 amide bonds. The van der Waals surface area contributed by atoms with Crippen LogP contribution in [0.4, 0.5) is 24.8 Å². The number of pyridine rings is 1. The molecule has 1 N–H and O–H groups in total. The number of piperidine rings is 1. The first-order valence-electron chi connectivity index (χ1n) is 10.6. The van der Waals surface area contributed by atoms with Crippen LogP contribution in [0.2, 0.25) is 0 Å². The molecule has 2 aromatic rings. The molecule has 0 aromatic carbocycles.